The van der Waals surface area contributed by atoms with Gasteiger partial charge in [-0.15, -0.1) is 11.3 Å². The SMILES string of the molecule is Cc1nc(C2=C(O)CN([C@@H](C)CCc3ccco3)C2=N)sc1C. The highest BCUT2D eigenvalue weighted by Crippen LogP contribution is 2.32. The molecule has 0 radical (unpaired) electrons. The number of amidine groups is 1. The van der Waals surface area contributed by atoms with Crippen molar-refractivity contribution >= 4 is 22.7 Å². The monoisotopic (exact) mass is 331 g/mol. The first kappa shape index (κ1) is 15.8. The standard InChI is InChI=1S/C17H21N3O2S/c1-10(6-7-13-5-4-8-22-13)20-9-14(21)15(16(20)18)17-19-11(2)12(3)23-17/h4-5,8,10,18,21H,6-7,9H2,1-3H3/t10-/m0/s1. The van der Waals surface area contributed by atoms with E-state index in [1.165, 1.54) is 11.3 Å². The van der Waals surface area contributed by atoms with Crippen LogP contribution in [0.2, 0.25) is 0 Å². The fraction of sp³-hybridized carbons (Fsp3) is 0.412. The van der Waals surface area contributed by atoms with E-state index in [4.69, 9.17) is 9.83 Å². The molecule has 0 bridgehead atoms. The van der Waals surface area contributed by atoms with Gasteiger partial charge in [0.2, 0.25) is 0 Å². The Bertz CT molecular complexity index is 726. The molecule has 0 amide bonds. The van der Waals surface area contributed by atoms with Crippen LogP contribution in [0.1, 0.15) is 34.7 Å². The van der Waals surface area contributed by atoms with Gasteiger partial charge in [0, 0.05) is 17.3 Å². The van der Waals surface area contributed by atoms with Crippen LogP contribution in [0.25, 0.3) is 5.57 Å². The predicted molar refractivity (Wildman–Crippen MR) is 92.1 cm³/mol. The van der Waals surface area contributed by atoms with E-state index in [0.717, 1.165) is 34.2 Å². The van der Waals surface area contributed by atoms with E-state index in [0.29, 0.717) is 18.0 Å². The highest BCUT2D eigenvalue weighted by Gasteiger charge is 2.33. The lowest BCUT2D eigenvalue weighted by atomic mass is 10.1. The quantitative estimate of drug-likeness (QED) is 0.870. The highest BCUT2D eigenvalue weighted by atomic mass is 32.1. The smallest absolute Gasteiger partial charge is 0.135 e. The predicted octanol–water partition coefficient (Wildman–Crippen LogP) is 3.94. The van der Waals surface area contributed by atoms with Gasteiger partial charge in [-0.3, -0.25) is 5.41 Å². The molecule has 3 heterocycles. The summed E-state index contributed by atoms with van der Waals surface area (Å²) in [4.78, 5) is 7.54. The van der Waals surface area contributed by atoms with Gasteiger partial charge in [0.1, 0.15) is 22.4 Å². The van der Waals surface area contributed by atoms with E-state index < -0.39 is 0 Å². The molecule has 1 aliphatic rings. The van der Waals surface area contributed by atoms with Crippen LogP contribution in [0.15, 0.2) is 28.6 Å². The minimum absolute atomic E-state index is 0.148. The lowest BCUT2D eigenvalue weighted by molar-refractivity contribution is 0.293. The Hall–Kier alpha value is -2.08. The summed E-state index contributed by atoms with van der Waals surface area (Å²) in [7, 11) is 0. The van der Waals surface area contributed by atoms with E-state index in [1.807, 2.05) is 30.9 Å². The molecule has 2 aromatic heterocycles. The summed E-state index contributed by atoms with van der Waals surface area (Å²) in [5, 5.41) is 19.5. The number of furan rings is 1. The van der Waals surface area contributed by atoms with Crippen molar-refractivity contribution in [1.29, 1.82) is 5.41 Å². The zero-order valence-electron chi connectivity index (χ0n) is 13.6. The molecule has 6 heteroatoms. The first-order valence-corrected chi connectivity index (χ1v) is 8.53. The Kier molecular flexibility index (Phi) is 4.26. The number of rotatable bonds is 5. The van der Waals surface area contributed by atoms with Crippen LogP contribution in [-0.2, 0) is 6.42 Å². The van der Waals surface area contributed by atoms with Crippen LogP contribution in [-0.4, -0.2) is 33.4 Å². The van der Waals surface area contributed by atoms with Gasteiger partial charge in [0.15, 0.2) is 0 Å². The number of aliphatic hydroxyl groups excluding tert-OH is 1. The van der Waals surface area contributed by atoms with Gasteiger partial charge in [0.25, 0.3) is 0 Å². The van der Waals surface area contributed by atoms with Gasteiger partial charge in [0.05, 0.1) is 24.1 Å². The van der Waals surface area contributed by atoms with Crippen LogP contribution in [0.5, 0.6) is 0 Å². The molecule has 0 spiro atoms. The fourth-order valence-electron chi connectivity index (χ4n) is 2.74. The topological polar surface area (TPSA) is 73.4 Å². The Morgan fingerprint density at radius 3 is 2.87 bits per heavy atom. The molecule has 1 aliphatic heterocycles. The average Bonchev–Trinajstić information content (AvgIpc) is 3.19. The number of nitrogens with zero attached hydrogens (tertiary/aromatic N) is 2. The average molecular weight is 331 g/mol. The normalized spacial score (nSPS) is 16.5. The van der Waals surface area contributed by atoms with E-state index >= 15 is 0 Å². The molecule has 23 heavy (non-hydrogen) atoms. The second-order valence-corrected chi connectivity index (χ2v) is 7.13. The summed E-state index contributed by atoms with van der Waals surface area (Å²) in [6, 6.07) is 4.00. The molecule has 5 nitrogen and oxygen atoms in total. The summed E-state index contributed by atoms with van der Waals surface area (Å²) in [6.07, 6.45) is 3.37. The summed E-state index contributed by atoms with van der Waals surface area (Å²) in [5.41, 5.74) is 1.54. The van der Waals surface area contributed by atoms with Crippen LogP contribution in [0.4, 0.5) is 0 Å². The summed E-state index contributed by atoms with van der Waals surface area (Å²) in [6.45, 7) is 6.42. The number of aryl methyl sites for hydroxylation is 3. The number of hydrogen-bond acceptors (Lipinski definition) is 5. The molecular weight excluding hydrogens is 310 g/mol. The molecule has 2 N–H and O–H groups in total. The Morgan fingerprint density at radius 2 is 2.26 bits per heavy atom. The third kappa shape index (κ3) is 3.03. The van der Waals surface area contributed by atoms with Crippen LogP contribution in [0.3, 0.4) is 0 Å². The second-order valence-electron chi connectivity index (χ2n) is 5.93. The number of hydrogen-bond donors (Lipinski definition) is 2. The van der Waals surface area contributed by atoms with Gasteiger partial charge < -0.3 is 14.4 Å². The summed E-state index contributed by atoms with van der Waals surface area (Å²) in [5.74, 6) is 1.56. The number of aliphatic hydroxyl groups is 1. The second kappa shape index (κ2) is 6.20. The minimum Gasteiger partial charge on any atom is -0.510 e. The molecule has 0 aliphatic carbocycles. The van der Waals surface area contributed by atoms with E-state index in [2.05, 4.69) is 11.9 Å². The molecule has 0 saturated heterocycles. The first-order chi connectivity index (χ1) is 11.0. The highest BCUT2D eigenvalue weighted by molar-refractivity contribution is 7.13. The summed E-state index contributed by atoms with van der Waals surface area (Å²) < 4.78 is 5.36. The maximum absolute atomic E-state index is 10.3. The molecular formula is C17H21N3O2S. The molecule has 0 fully saturated rings. The molecule has 122 valence electrons. The Labute approximate surface area is 139 Å². The maximum atomic E-state index is 10.3. The van der Waals surface area contributed by atoms with Gasteiger partial charge in [-0.2, -0.15) is 0 Å². The van der Waals surface area contributed by atoms with Crippen molar-refractivity contribution in [2.75, 3.05) is 6.54 Å². The van der Waals surface area contributed by atoms with Gasteiger partial charge >= 0.3 is 0 Å². The maximum Gasteiger partial charge on any atom is 0.135 e. The molecule has 3 rings (SSSR count). The van der Waals surface area contributed by atoms with Crippen molar-refractivity contribution < 1.29 is 9.52 Å². The van der Waals surface area contributed by atoms with Crippen LogP contribution < -0.4 is 0 Å². The fourth-order valence-corrected chi connectivity index (χ4v) is 3.72. The molecule has 0 aromatic carbocycles. The van der Waals surface area contributed by atoms with Crippen molar-refractivity contribution in [1.82, 2.24) is 9.88 Å². The largest absolute Gasteiger partial charge is 0.510 e. The molecule has 0 unspecified atom stereocenters. The van der Waals surface area contributed by atoms with Crippen molar-refractivity contribution in [3.05, 3.63) is 45.5 Å². The van der Waals surface area contributed by atoms with Crippen molar-refractivity contribution in [3.8, 4) is 0 Å². The zero-order valence-corrected chi connectivity index (χ0v) is 14.4. The van der Waals surface area contributed by atoms with Crippen LogP contribution >= 0.6 is 11.3 Å². The van der Waals surface area contributed by atoms with E-state index in [9.17, 15) is 5.11 Å². The van der Waals surface area contributed by atoms with Gasteiger partial charge in [-0.05, 0) is 39.3 Å². The minimum atomic E-state index is 0.148. The zero-order chi connectivity index (χ0) is 16.6. The number of thiazole rings is 1. The van der Waals surface area contributed by atoms with Crippen molar-refractivity contribution in [2.45, 2.75) is 39.7 Å². The first-order valence-electron chi connectivity index (χ1n) is 7.71. The van der Waals surface area contributed by atoms with Gasteiger partial charge in [-0.25, -0.2) is 4.98 Å². The summed E-state index contributed by atoms with van der Waals surface area (Å²) >= 11 is 1.53. The molecule has 1 atom stereocenters. The molecule has 2 aromatic rings. The number of nitrogens with one attached hydrogen (secondary N) is 1. The van der Waals surface area contributed by atoms with E-state index in [1.54, 1.807) is 6.26 Å². The Balaban J connectivity index is 1.71. The lowest BCUT2D eigenvalue weighted by Crippen LogP contribution is -2.35. The third-order valence-corrected chi connectivity index (χ3v) is 5.39. The lowest BCUT2D eigenvalue weighted by Gasteiger charge is -2.26. The van der Waals surface area contributed by atoms with Gasteiger partial charge in [-0.1, -0.05) is 0 Å². The van der Waals surface area contributed by atoms with E-state index in [-0.39, 0.29) is 11.8 Å². The van der Waals surface area contributed by atoms with Crippen molar-refractivity contribution in [3.63, 3.8) is 0 Å². The third-order valence-electron chi connectivity index (χ3n) is 4.30. The number of aromatic nitrogens is 1. The van der Waals surface area contributed by atoms with Crippen LogP contribution in [0, 0.1) is 19.3 Å². The molecule has 0 saturated carbocycles. The van der Waals surface area contributed by atoms with Crippen molar-refractivity contribution in [2.24, 2.45) is 0 Å². The Morgan fingerprint density at radius 1 is 1.48 bits per heavy atom.